The summed E-state index contributed by atoms with van der Waals surface area (Å²) >= 11 is 0. The van der Waals surface area contributed by atoms with Crippen LogP contribution in [0.15, 0.2) is 27.9 Å². The van der Waals surface area contributed by atoms with Gasteiger partial charge in [-0.25, -0.2) is 4.79 Å². The van der Waals surface area contributed by atoms with E-state index in [-0.39, 0.29) is 11.3 Å². The topological polar surface area (TPSA) is 74.2 Å². The van der Waals surface area contributed by atoms with Crippen molar-refractivity contribution in [2.75, 3.05) is 0 Å². The summed E-state index contributed by atoms with van der Waals surface area (Å²) in [6.07, 6.45) is 2.18. The first kappa shape index (κ1) is 12.9. The molecule has 96 valence electrons. The van der Waals surface area contributed by atoms with E-state index in [9.17, 15) is 9.90 Å². The third-order valence-electron chi connectivity index (χ3n) is 3.22. The molecular formula is C15H13NO3. The fourth-order valence-corrected chi connectivity index (χ4v) is 2.14. The van der Waals surface area contributed by atoms with Crippen molar-refractivity contribution < 1.29 is 9.52 Å². The second-order valence-electron chi connectivity index (χ2n) is 4.38. The highest BCUT2D eigenvalue weighted by Gasteiger charge is 2.16. The highest BCUT2D eigenvalue weighted by atomic mass is 16.4. The predicted octanol–water partition coefficient (Wildman–Crippen LogP) is 2.72. The van der Waals surface area contributed by atoms with Gasteiger partial charge in [0, 0.05) is 10.9 Å². The van der Waals surface area contributed by atoms with Gasteiger partial charge in [0.1, 0.15) is 23.0 Å². The van der Waals surface area contributed by atoms with Crippen LogP contribution in [0.5, 0.6) is 5.75 Å². The summed E-state index contributed by atoms with van der Waals surface area (Å²) < 4.78 is 5.15. The van der Waals surface area contributed by atoms with E-state index in [0.29, 0.717) is 34.1 Å². The minimum Gasteiger partial charge on any atom is -0.507 e. The number of phenols is 1. The molecule has 0 amide bonds. The summed E-state index contributed by atoms with van der Waals surface area (Å²) in [6.45, 7) is 7.02. The maximum absolute atomic E-state index is 11.7. The lowest BCUT2D eigenvalue weighted by Crippen LogP contribution is -2.07. The summed E-state index contributed by atoms with van der Waals surface area (Å²) in [7, 11) is 0. The molecule has 19 heavy (non-hydrogen) atoms. The van der Waals surface area contributed by atoms with Crippen LogP contribution in [-0.2, 0) is 6.42 Å². The normalized spacial score (nSPS) is 10.4. The zero-order valence-corrected chi connectivity index (χ0v) is 10.8. The fourth-order valence-electron chi connectivity index (χ4n) is 2.14. The van der Waals surface area contributed by atoms with E-state index in [4.69, 9.17) is 9.68 Å². The minimum absolute atomic E-state index is 0.00198. The zero-order chi connectivity index (χ0) is 14.2. The van der Waals surface area contributed by atoms with Crippen LogP contribution in [0.2, 0.25) is 0 Å². The summed E-state index contributed by atoms with van der Waals surface area (Å²) in [5.41, 5.74) is 1.42. The van der Waals surface area contributed by atoms with Crippen LogP contribution >= 0.6 is 0 Å². The number of aryl methyl sites for hydroxylation is 2. The number of fused-ring (bicyclic) bond motifs is 1. The molecule has 0 fully saturated rings. The van der Waals surface area contributed by atoms with Gasteiger partial charge in [-0.1, -0.05) is 6.08 Å². The van der Waals surface area contributed by atoms with Gasteiger partial charge in [0.05, 0.1) is 0 Å². The molecule has 1 heterocycles. The van der Waals surface area contributed by atoms with Gasteiger partial charge >= 0.3 is 5.63 Å². The van der Waals surface area contributed by atoms with Crippen LogP contribution in [0, 0.1) is 25.2 Å². The van der Waals surface area contributed by atoms with E-state index in [0.717, 1.165) is 0 Å². The Morgan fingerprint density at radius 2 is 2.16 bits per heavy atom. The quantitative estimate of drug-likeness (QED) is 0.661. The predicted molar refractivity (Wildman–Crippen MR) is 72.2 cm³/mol. The second-order valence-corrected chi connectivity index (χ2v) is 4.38. The molecule has 4 heteroatoms. The monoisotopic (exact) mass is 255 g/mol. The van der Waals surface area contributed by atoms with Crippen molar-refractivity contribution in [1.29, 1.82) is 5.26 Å². The third-order valence-corrected chi connectivity index (χ3v) is 3.22. The number of phenolic OH excluding ortho intramolecular Hbond substituents is 1. The lowest BCUT2D eigenvalue weighted by molar-refractivity contribution is 0.462. The van der Waals surface area contributed by atoms with Crippen molar-refractivity contribution in [3.05, 3.63) is 51.4 Å². The molecule has 0 saturated carbocycles. The minimum atomic E-state index is -0.675. The smallest absolute Gasteiger partial charge is 0.354 e. The molecule has 4 nitrogen and oxygen atoms in total. The van der Waals surface area contributed by atoms with Crippen molar-refractivity contribution in [2.45, 2.75) is 20.3 Å². The van der Waals surface area contributed by atoms with Crippen molar-refractivity contribution in [3.8, 4) is 11.8 Å². The fraction of sp³-hybridized carbons (Fsp3) is 0.200. The number of allylic oxidation sites excluding steroid dienone is 1. The van der Waals surface area contributed by atoms with Gasteiger partial charge < -0.3 is 9.52 Å². The second kappa shape index (κ2) is 4.62. The van der Waals surface area contributed by atoms with E-state index in [1.54, 1.807) is 26.0 Å². The number of aromatic hydroxyl groups is 1. The van der Waals surface area contributed by atoms with Crippen LogP contribution < -0.4 is 5.63 Å². The molecule has 2 rings (SSSR count). The molecule has 0 atom stereocenters. The first-order chi connectivity index (χ1) is 9.01. The Morgan fingerprint density at radius 1 is 1.47 bits per heavy atom. The van der Waals surface area contributed by atoms with E-state index < -0.39 is 5.63 Å². The Morgan fingerprint density at radius 3 is 2.74 bits per heavy atom. The van der Waals surface area contributed by atoms with Crippen LogP contribution in [0.4, 0.5) is 0 Å². The van der Waals surface area contributed by atoms with Gasteiger partial charge in [0.25, 0.3) is 0 Å². The van der Waals surface area contributed by atoms with Gasteiger partial charge in [-0.3, -0.25) is 0 Å². The molecule has 0 unspecified atom stereocenters. The Kier molecular flexibility index (Phi) is 3.14. The Bertz CT molecular complexity index is 779. The average Bonchev–Trinajstić information content (AvgIpc) is 2.38. The highest BCUT2D eigenvalue weighted by Crippen LogP contribution is 2.32. The van der Waals surface area contributed by atoms with Crippen LogP contribution in [0.3, 0.4) is 0 Å². The molecule has 2 aromatic rings. The van der Waals surface area contributed by atoms with E-state index in [1.165, 1.54) is 0 Å². The van der Waals surface area contributed by atoms with E-state index in [1.807, 2.05) is 6.07 Å². The number of hydrogen-bond donors (Lipinski definition) is 1. The molecule has 0 aliphatic heterocycles. The Balaban J connectivity index is 2.98. The van der Waals surface area contributed by atoms with Crippen LogP contribution in [-0.4, -0.2) is 5.11 Å². The maximum atomic E-state index is 11.7. The molecule has 0 aliphatic carbocycles. The number of rotatable bonds is 2. The molecule has 1 aromatic heterocycles. The summed E-state index contributed by atoms with van der Waals surface area (Å²) in [4.78, 5) is 11.7. The largest absolute Gasteiger partial charge is 0.507 e. The number of hydrogen-bond acceptors (Lipinski definition) is 4. The molecular weight excluding hydrogens is 242 g/mol. The Labute approximate surface area is 110 Å². The summed E-state index contributed by atoms with van der Waals surface area (Å²) in [5, 5.41) is 19.7. The van der Waals surface area contributed by atoms with Crippen LogP contribution in [0.1, 0.15) is 22.3 Å². The van der Waals surface area contributed by atoms with Crippen molar-refractivity contribution >= 4 is 11.0 Å². The molecule has 0 bridgehead atoms. The molecule has 0 radical (unpaired) electrons. The molecule has 0 spiro atoms. The highest BCUT2D eigenvalue weighted by molar-refractivity contribution is 5.87. The maximum Gasteiger partial charge on any atom is 0.354 e. The molecule has 1 aromatic carbocycles. The number of nitrogens with zero attached hydrogens (tertiary/aromatic N) is 1. The van der Waals surface area contributed by atoms with E-state index >= 15 is 0 Å². The summed E-state index contributed by atoms with van der Waals surface area (Å²) in [6, 6.07) is 3.59. The van der Waals surface area contributed by atoms with Crippen molar-refractivity contribution in [2.24, 2.45) is 0 Å². The van der Waals surface area contributed by atoms with Gasteiger partial charge in [0.15, 0.2) is 0 Å². The van der Waals surface area contributed by atoms with Gasteiger partial charge in [0.2, 0.25) is 0 Å². The number of nitriles is 1. The van der Waals surface area contributed by atoms with Crippen molar-refractivity contribution in [3.63, 3.8) is 0 Å². The third kappa shape index (κ3) is 1.89. The van der Waals surface area contributed by atoms with E-state index in [2.05, 4.69) is 6.58 Å². The first-order valence-electron chi connectivity index (χ1n) is 5.81. The SMILES string of the molecule is C=CCc1cc2c(C)c(C#N)c(=O)oc2c(C)c1O. The zero-order valence-electron chi connectivity index (χ0n) is 10.8. The molecule has 0 saturated heterocycles. The lowest BCUT2D eigenvalue weighted by atomic mass is 9.98. The standard InChI is InChI=1S/C15H13NO3/c1-4-5-10-6-11-8(2)12(7-16)15(18)19-14(11)9(3)13(10)17/h4,6,17H,1,5H2,2-3H3. The molecule has 0 aliphatic rings. The number of benzene rings is 1. The Hall–Kier alpha value is -2.54. The van der Waals surface area contributed by atoms with Gasteiger partial charge in [-0.2, -0.15) is 5.26 Å². The van der Waals surface area contributed by atoms with Crippen molar-refractivity contribution in [1.82, 2.24) is 0 Å². The van der Waals surface area contributed by atoms with Gasteiger partial charge in [-0.15, -0.1) is 6.58 Å². The first-order valence-corrected chi connectivity index (χ1v) is 5.81. The molecule has 1 N–H and O–H groups in total. The van der Waals surface area contributed by atoms with Gasteiger partial charge in [-0.05, 0) is 37.5 Å². The summed E-state index contributed by atoms with van der Waals surface area (Å²) in [5.74, 6) is 0.0969. The average molecular weight is 255 g/mol. The van der Waals surface area contributed by atoms with Crippen LogP contribution in [0.25, 0.3) is 11.0 Å². The lowest BCUT2D eigenvalue weighted by Gasteiger charge is -2.10.